The van der Waals surface area contributed by atoms with Gasteiger partial charge in [-0.2, -0.15) is 13.2 Å². The molecule has 224 valence electrons. The van der Waals surface area contributed by atoms with Crippen molar-refractivity contribution in [2.45, 2.75) is 24.1 Å². The van der Waals surface area contributed by atoms with Crippen LogP contribution in [0.25, 0.3) is 22.2 Å². The fourth-order valence-electron chi connectivity index (χ4n) is 4.80. The lowest BCUT2D eigenvalue weighted by Gasteiger charge is -2.31. The van der Waals surface area contributed by atoms with Crippen molar-refractivity contribution in [1.82, 2.24) is 20.8 Å². The number of nitrogens with one attached hydrogen (secondary N) is 2. The standard InChI is InChI=1S/C29H24F4N4O6/c1-27(26(39)37-41)14-43-24-19(27)12-21(36-23(24)15-5-7-18(30)8-6-15)28(40,29(31,32)33)13-35-25(38)17-10-16-4-3-9-34-22(16)20(11-17)42-2/h3-12,40-41H,13-14H2,1-2H3,(H,35,38)(H,37,39)/t27-,28?/m0/s1. The van der Waals surface area contributed by atoms with Gasteiger partial charge in [0.1, 0.15) is 40.5 Å². The summed E-state index contributed by atoms with van der Waals surface area (Å²) in [5.74, 6) is -2.46. The third-order valence-corrected chi connectivity index (χ3v) is 7.34. The number of rotatable bonds is 7. The summed E-state index contributed by atoms with van der Waals surface area (Å²) in [5.41, 5.74) is -4.80. The Morgan fingerprint density at radius 2 is 1.86 bits per heavy atom. The van der Waals surface area contributed by atoms with Crippen LogP contribution in [0.5, 0.6) is 11.5 Å². The predicted molar refractivity (Wildman–Crippen MR) is 143 cm³/mol. The van der Waals surface area contributed by atoms with E-state index in [1.54, 1.807) is 12.1 Å². The van der Waals surface area contributed by atoms with Gasteiger partial charge in [-0.25, -0.2) is 14.9 Å². The number of hydrogen-bond donors (Lipinski definition) is 4. The quantitative estimate of drug-likeness (QED) is 0.143. The van der Waals surface area contributed by atoms with Crippen LogP contribution in [0.4, 0.5) is 17.6 Å². The van der Waals surface area contributed by atoms with Crippen molar-refractivity contribution in [3.05, 3.63) is 83.4 Å². The first-order chi connectivity index (χ1) is 20.3. The van der Waals surface area contributed by atoms with Crippen LogP contribution in [0.3, 0.4) is 0 Å². The normalized spacial score (nSPS) is 17.5. The average molecular weight is 601 g/mol. The summed E-state index contributed by atoms with van der Waals surface area (Å²) in [6.45, 7) is -0.436. The number of carbonyl (C=O) groups excluding carboxylic acids is 2. The summed E-state index contributed by atoms with van der Waals surface area (Å²) in [5, 5.41) is 23.1. The molecule has 0 aliphatic carbocycles. The topological polar surface area (TPSA) is 143 Å². The van der Waals surface area contributed by atoms with Gasteiger partial charge in [0.25, 0.3) is 11.8 Å². The number of carbonyl (C=O) groups is 2. The molecule has 1 aliphatic rings. The van der Waals surface area contributed by atoms with Crippen LogP contribution in [0.2, 0.25) is 0 Å². The summed E-state index contributed by atoms with van der Waals surface area (Å²) in [6.07, 6.45) is -3.88. The van der Waals surface area contributed by atoms with Gasteiger partial charge >= 0.3 is 6.18 Å². The summed E-state index contributed by atoms with van der Waals surface area (Å²) in [7, 11) is 1.35. The van der Waals surface area contributed by atoms with Crippen molar-refractivity contribution >= 4 is 22.7 Å². The van der Waals surface area contributed by atoms with E-state index in [1.807, 2.05) is 0 Å². The smallest absolute Gasteiger partial charge is 0.424 e. The number of aliphatic hydroxyl groups is 1. The molecule has 2 amide bonds. The van der Waals surface area contributed by atoms with Gasteiger partial charge in [-0.15, -0.1) is 0 Å². The first kappa shape index (κ1) is 29.7. The van der Waals surface area contributed by atoms with Crippen molar-refractivity contribution in [3.8, 4) is 22.8 Å². The van der Waals surface area contributed by atoms with E-state index in [-0.39, 0.29) is 40.5 Å². The third kappa shape index (κ3) is 5.08. The third-order valence-electron chi connectivity index (χ3n) is 7.34. The summed E-state index contributed by atoms with van der Waals surface area (Å²) < 4.78 is 68.5. The van der Waals surface area contributed by atoms with Gasteiger partial charge < -0.3 is 19.9 Å². The molecule has 43 heavy (non-hydrogen) atoms. The van der Waals surface area contributed by atoms with Crippen molar-refractivity contribution in [3.63, 3.8) is 0 Å². The molecule has 2 aromatic heterocycles. The van der Waals surface area contributed by atoms with Crippen LogP contribution in [0, 0.1) is 5.82 Å². The molecule has 5 rings (SSSR count). The second-order valence-corrected chi connectivity index (χ2v) is 10.1. The van der Waals surface area contributed by atoms with Crippen LogP contribution >= 0.6 is 0 Å². The molecule has 0 saturated heterocycles. The monoisotopic (exact) mass is 600 g/mol. The molecule has 2 atom stereocenters. The van der Waals surface area contributed by atoms with E-state index >= 15 is 0 Å². The Kier molecular flexibility index (Phi) is 7.44. The SMILES string of the molecule is COc1cc(C(=O)NCC(O)(c2cc3c(c(-c4ccc(F)cc4)n2)OC[C@]3(C)C(=O)NO)C(F)(F)F)cc2cccnc12. The van der Waals surface area contributed by atoms with Crippen molar-refractivity contribution in [2.24, 2.45) is 0 Å². The molecule has 3 heterocycles. The first-order valence-corrected chi connectivity index (χ1v) is 12.7. The minimum atomic E-state index is -5.39. The fraction of sp³-hybridized carbons (Fsp3) is 0.241. The van der Waals surface area contributed by atoms with Gasteiger partial charge in [-0.1, -0.05) is 6.07 Å². The number of pyridine rings is 2. The minimum absolute atomic E-state index is 0.0589. The van der Waals surface area contributed by atoms with Gasteiger partial charge in [0.15, 0.2) is 0 Å². The van der Waals surface area contributed by atoms with Gasteiger partial charge in [0.2, 0.25) is 5.60 Å². The molecule has 0 saturated carbocycles. The maximum atomic E-state index is 14.7. The number of methoxy groups -OCH3 is 1. The maximum absolute atomic E-state index is 14.7. The lowest BCUT2D eigenvalue weighted by molar-refractivity contribution is -0.265. The number of aromatic nitrogens is 2. The Bertz CT molecular complexity index is 1730. The number of amides is 2. The zero-order valence-corrected chi connectivity index (χ0v) is 22.6. The molecule has 0 fully saturated rings. The van der Waals surface area contributed by atoms with E-state index in [9.17, 15) is 37.5 Å². The number of hydrogen-bond acceptors (Lipinski definition) is 8. The molecule has 4 aromatic rings. The average Bonchev–Trinajstić information content (AvgIpc) is 3.35. The Balaban J connectivity index is 1.60. The maximum Gasteiger partial charge on any atom is 0.424 e. The highest BCUT2D eigenvalue weighted by Gasteiger charge is 2.58. The van der Waals surface area contributed by atoms with Crippen LogP contribution < -0.4 is 20.3 Å². The molecule has 4 N–H and O–H groups in total. The molecule has 0 radical (unpaired) electrons. The van der Waals surface area contributed by atoms with E-state index in [0.29, 0.717) is 10.9 Å². The molecule has 0 spiro atoms. The van der Waals surface area contributed by atoms with E-state index in [0.717, 1.165) is 18.2 Å². The van der Waals surface area contributed by atoms with Crippen molar-refractivity contribution in [2.75, 3.05) is 20.3 Å². The van der Waals surface area contributed by atoms with Crippen molar-refractivity contribution < 1.29 is 46.9 Å². The molecule has 2 aromatic carbocycles. The highest BCUT2D eigenvalue weighted by Crippen LogP contribution is 2.48. The Labute approximate surface area is 241 Å². The fourth-order valence-corrected chi connectivity index (χ4v) is 4.80. The van der Waals surface area contributed by atoms with Gasteiger partial charge in [0.05, 0.1) is 19.3 Å². The minimum Gasteiger partial charge on any atom is -0.494 e. The molecule has 14 heteroatoms. The van der Waals surface area contributed by atoms with Crippen LogP contribution in [0.15, 0.2) is 60.8 Å². The zero-order valence-electron chi connectivity index (χ0n) is 22.6. The van der Waals surface area contributed by atoms with Crippen LogP contribution in [-0.4, -0.2) is 58.5 Å². The van der Waals surface area contributed by atoms with E-state index in [4.69, 9.17) is 9.47 Å². The molecule has 0 bridgehead atoms. The summed E-state index contributed by atoms with van der Waals surface area (Å²) in [4.78, 5) is 33.9. The second kappa shape index (κ2) is 10.8. The Morgan fingerprint density at radius 1 is 1.14 bits per heavy atom. The highest BCUT2D eigenvalue weighted by atomic mass is 19.4. The Hall–Kier alpha value is -4.82. The van der Waals surface area contributed by atoms with Crippen molar-refractivity contribution in [1.29, 1.82) is 0 Å². The van der Waals surface area contributed by atoms with Crippen LogP contribution in [-0.2, 0) is 15.8 Å². The van der Waals surface area contributed by atoms with E-state index in [1.165, 1.54) is 50.0 Å². The highest BCUT2D eigenvalue weighted by molar-refractivity contribution is 6.00. The molecule has 10 nitrogen and oxygen atoms in total. The van der Waals surface area contributed by atoms with Gasteiger partial charge in [-0.3, -0.25) is 19.8 Å². The van der Waals surface area contributed by atoms with Gasteiger partial charge in [0, 0.05) is 28.3 Å². The number of benzene rings is 2. The molecular formula is C29H24F4N4O6. The number of nitrogens with zero attached hydrogens (tertiary/aromatic N) is 2. The molecule has 1 aliphatic heterocycles. The number of fused-ring (bicyclic) bond motifs is 2. The van der Waals surface area contributed by atoms with Gasteiger partial charge in [-0.05, 0) is 55.5 Å². The van der Waals surface area contributed by atoms with E-state index in [2.05, 4.69) is 15.3 Å². The molecule has 1 unspecified atom stereocenters. The lowest BCUT2D eigenvalue weighted by atomic mass is 9.81. The largest absolute Gasteiger partial charge is 0.494 e. The zero-order chi connectivity index (χ0) is 31.2. The first-order valence-electron chi connectivity index (χ1n) is 12.7. The number of ether oxygens (including phenoxy) is 2. The lowest BCUT2D eigenvalue weighted by Crippen LogP contribution is -2.52. The number of hydroxylamine groups is 1. The van der Waals surface area contributed by atoms with Crippen LogP contribution in [0.1, 0.15) is 28.5 Å². The number of halogens is 4. The Morgan fingerprint density at radius 3 is 2.51 bits per heavy atom. The second-order valence-electron chi connectivity index (χ2n) is 10.1. The predicted octanol–water partition coefficient (Wildman–Crippen LogP) is 3.78. The summed E-state index contributed by atoms with van der Waals surface area (Å²) in [6, 6.07) is 11.4. The summed E-state index contributed by atoms with van der Waals surface area (Å²) >= 11 is 0. The number of alkyl halides is 3. The van der Waals surface area contributed by atoms with E-state index < -0.39 is 47.1 Å². The molecular weight excluding hydrogens is 576 g/mol.